The minimum Gasteiger partial charge on any atom is -0.350 e. The van der Waals surface area contributed by atoms with Gasteiger partial charge in [0, 0.05) is 36.8 Å². The fourth-order valence-electron chi connectivity index (χ4n) is 4.13. The van der Waals surface area contributed by atoms with Crippen LogP contribution in [0.25, 0.3) is 16.6 Å². The van der Waals surface area contributed by atoms with Gasteiger partial charge in [-0.15, -0.1) is 10.2 Å². The van der Waals surface area contributed by atoms with E-state index in [1.54, 1.807) is 0 Å². The van der Waals surface area contributed by atoms with Crippen LogP contribution in [0.1, 0.15) is 50.5 Å². The van der Waals surface area contributed by atoms with Gasteiger partial charge in [0.25, 0.3) is 0 Å². The predicted octanol–water partition coefficient (Wildman–Crippen LogP) is 4.45. The maximum Gasteiger partial charge on any atom is 0.220 e. The summed E-state index contributed by atoms with van der Waals surface area (Å²) >= 11 is 0. The summed E-state index contributed by atoms with van der Waals surface area (Å²) in [6.45, 7) is 4.31. The lowest BCUT2D eigenvalue weighted by atomic mass is 10.0. The average Bonchev–Trinajstić information content (AvgIpc) is 3.29. The van der Waals surface area contributed by atoms with Crippen molar-refractivity contribution in [2.45, 2.75) is 45.6 Å². The summed E-state index contributed by atoms with van der Waals surface area (Å²) < 4.78 is 4.11. The van der Waals surface area contributed by atoms with Gasteiger partial charge in [-0.2, -0.15) is 0 Å². The fraction of sp³-hybridized carbons (Fsp3) is 0.375. The van der Waals surface area contributed by atoms with Crippen LogP contribution in [0.5, 0.6) is 0 Å². The lowest BCUT2D eigenvalue weighted by Crippen LogP contribution is -2.30. The number of fused-ring (bicyclic) bond motifs is 2. The van der Waals surface area contributed by atoms with E-state index in [2.05, 4.69) is 71.4 Å². The molecule has 1 aromatic carbocycles. The van der Waals surface area contributed by atoms with Crippen molar-refractivity contribution < 1.29 is 4.79 Å². The molecule has 6 heteroatoms. The highest BCUT2D eigenvalue weighted by molar-refractivity contribution is 5.84. The summed E-state index contributed by atoms with van der Waals surface area (Å²) in [4.78, 5) is 12.8. The summed E-state index contributed by atoms with van der Waals surface area (Å²) in [6.07, 6.45) is 7.14. The zero-order valence-electron chi connectivity index (χ0n) is 17.9. The minimum atomic E-state index is -0.146. The number of carbonyl (C=O) groups is 1. The molecule has 0 radical (unpaired) electrons. The van der Waals surface area contributed by atoms with Crippen LogP contribution in [-0.2, 0) is 18.3 Å². The zero-order chi connectivity index (χ0) is 21.1. The number of aryl methyl sites for hydroxylation is 2. The Morgan fingerprint density at radius 1 is 1.10 bits per heavy atom. The number of carbonyl (C=O) groups excluding carboxylic acids is 1. The Labute approximate surface area is 176 Å². The second kappa shape index (κ2) is 8.69. The van der Waals surface area contributed by atoms with Gasteiger partial charge in [0.05, 0.1) is 6.04 Å². The number of nitrogens with zero attached hydrogens (tertiary/aromatic N) is 4. The summed E-state index contributed by atoms with van der Waals surface area (Å²) in [5.74, 6) is 1.29. The Morgan fingerprint density at radius 3 is 2.73 bits per heavy atom. The molecule has 0 spiro atoms. The molecule has 0 saturated heterocycles. The highest BCUT2D eigenvalue weighted by atomic mass is 16.1. The molecule has 6 nitrogen and oxygen atoms in total. The summed E-state index contributed by atoms with van der Waals surface area (Å²) in [5.41, 5.74) is 3.32. The van der Waals surface area contributed by atoms with E-state index in [0.717, 1.165) is 30.7 Å². The second-order valence-corrected chi connectivity index (χ2v) is 8.37. The lowest BCUT2D eigenvalue weighted by Gasteiger charge is -2.19. The molecule has 0 aliphatic carbocycles. The number of rotatable bonds is 8. The molecule has 0 bridgehead atoms. The van der Waals surface area contributed by atoms with Gasteiger partial charge < -0.3 is 9.88 Å². The Kier molecular flexibility index (Phi) is 5.84. The second-order valence-electron chi connectivity index (χ2n) is 8.37. The Hall–Kier alpha value is -3.15. The molecule has 0 fully saturated rings. The van der Waals surface area contributed by atoms with Crippen molar-refractivity contribution in [1.82, 2.24) is 24.5 Å². The normalized spacial score (nSPS) is 12.7. The highest BCUT2D eigenvalue weighted by Crippen LogP contribution is 2.23. The third-order valence-electron chi connectivity index (χ3n) is 5.52. The molecule has 0 aliphatic rings. The average molecular weight is 404 g/mol. The van der Waals surface area contributed by atoms with Crippen molar-refractivity contribution in [2.24, 2.45) is 13.0 Å². The van der Waals surface area contributed by atoms with Crippen LogP contribution in [0.4, 0.5) is 0 Å². The molecule has 0 aliphatic heterocycles. The first-order valence-corrected chi connectivity index (χ1v) is 10.6. The number of pyridine rings is 1. The van der Waals surface area contributed by atoms with Gasteiger partial charge in [-0.3, -0.25) is 9.20 Å². The monoisotopic (exact) mass is 403 g/mol. The third-order valence-corrected chi connectivity index (χ3v) is 5.52. The largest absolute Gasteiger partial charge is 0.350 e. The van der Waals surface area contributed by atoms with Crippen LogP contribution < -0.4 is 5.32 Å². The standard InChI is InChI=1S/C24H29N5O/c1-17(2)15-20(24-27-26-22-12-6-7-14-29(22)24)25-23(30)13-8-9-18-16-28(3)21-11-5-4-10-19(18)21/h4-7,10-12,14,16-17,20H,8-9,13,15H2,1-3H3,(H,25,30). The first kappa shape index (κ1) is 20.1. The van der Waals surface area contributed by atoms with E-state index in [0.29, 0.717) is 12.3 Å². The van der Waals surface area contributed by atoms with Gasteiger partial charge in [0.15, 0.2) is 11.5 Å². The molecule has 4 rings (SSSR count). The van der Waals surface area contributed by atoms with Crippen LogP contribution in [-0.4, -0.2) is 25.1 Å². The summed E-state index contributed by atoms with van der Waals surface area (Å²) in [6, 6.07) is 14.1. The lowest BCUT2D eigenvalue weighted by molar-refractivity contribution is -0.122. The van der Waals surface area contributed by atoms with Gasteiger partial charge in [0.1, 0.15) is 0 Å². The number of aromatic nitrogens is 4. The molecule has 0 saturated carbocycles. The van der Waals surface area contributed by atoms with Crippen LogP contribution in [0.2, 0.25) is 0 Å². The van der Waals surface area contributed by atoms with E-state index in [1.165, 1.54) is 16.5 Å². The van der Waals surface area contributed by atoms with E-state index in [9.17, 15) is 4.79 Å². The SMILES string of the molecule is CC(C)CC(NC(=O)CCCc1cn(C)c2ccccc12)c1nnc2ccccn12. The third kappa shape index (κ3) is 4.22. The molecule has 156 valence electrons. The molecule has 3 heterocycles. The van der Waals surface area contributed by atoms with Crippen LogP contribution in [0.3, 0.4) is 0 Å². The van der Waals surface area contributed by atoms with Gasteiger partial charge in [-0.25, -0.2) is 0 Å². The fourth-order valence-corrected chi connectivity index (χ4v) is 4.13. The smallest absolute Gasteiger partial charge is 0.220 e. The molecule has 1 atom stereocenters. The number of amides is 1. The molecule has 30 heavy (non-hydrogen) atoms. The predicted molar refractivity (Wildman–Crippen MR) is 119 cm³/mol. The molecule has 1 N–H and O–H groups in total. The van der Waals surface area contributed by atoms with E-state index in [1.807, 2.05) is 28.8 Å². The minimum absolute atomic E-state index is 0.0635. The molecule has 3 aromatic heterocycles. The quantitative estimate of drug-likeness (QED) is 0.473. The van der Waals surface area contributed by atoms with Gasteiger partial charge in [-0.1, -0.05) is 38.1 Å². The number of hydrogen-bond donors (Lipinski definition) is 1. The van der Waals surface area contributed by atoms with Gasteiger partial charge in [-0.05, 0) is 48.9 Å². The van der Waals surface area contributed by atoms with E-state index < -0.39 is 0 Å². The molecule has 4 aromatic rings. The van der Waals surface area contributed by atoms with Crippen LogP contribution in [0, 0.1) is 5.92 Å². The molecule has 1 unspecified atom stereocenters. The van der Waals surface area contributed by atoms with Gasteiger partial charge >= 0.3 is 0 Å². The molecular formula is C24H29N5O. The number of benzene rings is 1. The van der Waals surface area contributed by atoms with E-state index in [4.69, 9.17) is 0 Å². The molecular weight excluding hydrogens is 374 g/mol. The first-order valence-electron chi connectivity index (χ1n) is 10.6. The highest BCUT2D eigenvalue weighted by Gasteiger charge is 2.21. The van der Waals surface area contributed by atoms with Crippen LogP contribution in [0.15, 0.2) is 54.9 Å². The Morgan fingerprint density at radius 2 is 1.90 bits per heavy atom. The van der Waals surface area contributed by atoms with Crippen molar-refractivity contribution in [2.75, 3.05) is 0 Å². The Balaban J connectivity index is 1.41. The maximum atomic E-state index is 12.8. The number of hydrogen-bond acceptors (Lipinski definition) is 3. The first-order chi connectivity index (χ1) is 14.5. The van der Waals surface area contributed by atoms with Crippen molar-refractivity contribution in [3.05, 3.63) is 66.2 Å². The maximum absolute atomic E-state index is 12.8. The summed E-state index contributed by atoms with van der Waals surface area (Å²) in [7, 11) is 2.07. The summed E-state index contributed by atoms with van der Waals surface area (Å²) in [5, 5.41) is 13.1. The number of para-hydroxylation sites is 1. The Bertz CT molecular complexity index is 1160. The van der Waals surface area contributed by atoms with E-state index >= 15 is 0 Å². The molecule has 1 amide bonds. The van der Waals surface area contributed by atoms with Crippen molar-refractivity contribution in [3.63, 3.8) is 0 Å². The van der Waals surface area contributed by atoms with E-state index in [-0.39, 0.29) is 11.9 Å². The van der Waals surface area contributed by atoms with Crippen molar-refractivity contribution >= 4 is 22.5 Å². The van der Waals surface area contributed by atoms with Crippen LogP contribution >= 0.6 is 0 Å². The number of nitrogens with one attached hydrogen (secondary N) is 1. The van der Waals surface area contributed by atoms with Gasteiger partial charge in [0.2, 0.25) is 5.91 Å². The van der Waals surface area contributed by atoms with Crippen molar-refractivity contribution in [1.29, 1.82) is 0 Å². The zero-order valence-corrected chi connectivity index (χ0v) is 17.9. The van der Waals surface area contributed by atoms with Crippen molar-refractivity contribution in [3.8, 4) is 0 Å². The topological polar surface area (TPSA) is 64.2 Å².